The van der Waals surface area contributed by atoms with Crippen molar-refractivity contribution < 1.29 is 18.0 Å². The summed E-state index contributed by atoms with van der Waals surface area (Å²) in [5.41, 5.74) is 8.35. The summed E-state index contributed by atoms with van der Waals surface area (Å²) in [5.74, 6) is -0.368. The van der Waals surface area contributed by atoms with Crippen molar-refractivity contribution in [3.63, 3.8) is 0 Å². The number of nitrogens with two attached hydrogens (primary N) is 1. The molecule has 0 radical (unpaired) electrons. The number of hydrogen-bond donors (Lipinski definition) is 3. The van der Waals surface area contributed by atoms with E-state index in [0.717, 1.165) is 24.8 Å². The minimum Gasteiger partial charge on any atom is -0.378 e. The molecule has 0 bridgehead atoms. The number of hydrogen-bond acceptors (Lipinski definition) is 5. The number of carbonyl (C=O) groups is 1. The van der Waals surface area contributed by atoms with Crippen molar-refractivity contribution in [2.24, 2.45) is 11.7 Å². The molecule has 1 aromatic carbocycles. The lowest BCUT2D eigenvalue weighted by Crippen LogP contribution is -2.31. The molecule has 0 unspecified atom stereocenters. The molecule has 33 heavy (non-hydrogen) atoms. The number of nitrogens with one attached hydrogen (secondary N) is 2. The van der Waals surface area contributed by atoms with E-state index in [4.69, 9.17) is 5.73 Å². The van der Waals surface area contributed by atoms with Crippen molar-refractivity contribution in [1.82, 2.24) is 9.97 Å². The summed E-state index contributed by atoms with van der Waals surface area (Å²) in [6.45, 7) is 1.59. The van der Waals surface area contributed by atoms with Crippen molar-refractivity contribution in [2.75, 3.05) is 17.2 Å². The third-order valence-corrected chi connectivity index (χ3v) is 6.02. The first kappa shape index (κ1) is 23.0. The van der Waals surface area contributed by atoms with E-state index in [0.29, 0.717) is 11.6 Å². The van der Waals surface area contributed by atoms with Crippen LogP contribution in [-0.4, -0.2) is 34.9 Å². The summed E-state index contributed by atoms with van der Waals surface area (Å²) in [6, 6.07) is 5.90. The largest absolute Gasteiger partial charge is 0.378 e. The highest BCUT2D eigenvalue weighted by atomic mass is 19.3. The Morgan fingerprint density at radius 2 is 2.03 bits per heavy atom. The summed E-state index contributed by atoms with van der Waals surface area (Å²) in [4.78, 5) is 21.5. The monoisotopic (exact) mass is 457 g/mol. The predicted molar refractivity (Wildman–Crippen MR) is 122 cm³/mol. The van der Waals surface area contributed by atoms with Gasteiger partial charge in [-0.3, -0.25) is 14.8 Å². The molecular weight excluding hydrogens is 431 g/mol. The molecule has 1 saturated carbocycles. The number of nitrogens with zero attached hydrogens (tertiary/aromatic N) is 2. The quantitative estimate of drug-likeness (QED) is 0.488. The predicted octanol–water partition coefficient (Wildman–Crippen LogP) is 4.93. The zero-order valence-corrected chi connectivity index (χ0v) is 18.2. The van der Waals surface area contributed by atoms with Gasteiger partial charge in [0.2, 0.25) is 0 Å². The van der Waals surface area contributed by atoms with Gasteiger partial charge in [0.1, 0.15) is 5.82 Å². The van der Waals surface area contributed by atoms with Gasteiger partial charge in [0.15, 0.2) is 0 Å². The molecule has 4 N–H and O–H groups in total. The van der Waals surface area contributed by atoms with Gasteiger partial charge in [0.25, 0.3) is 12.3 Å². The zero-order valence-electron chi connectivity index (χ0n) is 18.2. The van der Waals surface area contributed by atoms with Crippen LogP contribution in [0.1, 0.15) is 48.0 Å². The topological polar surface area (TPSA) is 92.9 Å². The number of aromatic nitrogens is 2. The number of pyridine rings is 2. The number of carbonyl (C=O) groups excluding carboxylic acids is 1. The Hall–Kier alpha value is -3.20. The average molecular weight is 458 g/mol. The van der Waals surface area contributed by atoms with Crippen LogP contribution in [0.25, 0.3) is 10.9 Å². The molecule has 1 fully saturated rings. The molecule has 0 saturated heterocycles. The highest BCUT2D eigenvalue weighted by Gasteiger charge is 2.27. The van der Waals surface area contributed by atoms with E-state index in [2.05, 4.69) is 27.5 Å². The van der Waals surface area contributed by atoms with Gasteiger partial charge in [-0.05, 0) is 60.9 Å². The van der Waals surface area contributed by atoms with Crippen molar-refractivity contribution >= 4 is 28.2 Å². The number of halogens is 3. The maximum atomic E-state index is 14.4. The summed E-state index contributed by atoms with van der Waals surface area (Å²) >= 11 is 0. The lowest BCUT2D eigenvalue weighted by Gasteiger charge is -2.32. The molecule has 3 atom stereocenters. The van der Waals surface area contributed by atoms with E-state index in [1.807, 2.05) is 6.07 Å². The molecule has 4 rings (SSSR count). The molecule has 2 heterocycles. The number of alkyl halides is 2. The van der Waals surface area contributed by atoms with Gasteiger partial charge in [-0.1, -0.05) is 6.92 Å². The molecule has 0 aliphatic heterocycles. The smallest absolute Gasteiger partial charge is 0.257 e. The van der Waals surface area contributed by atoms with Gasteiger partial charge in [-0.15, -0.1) is 0 Å². The Labute approximate surface area is 189 Å². The van der Waals surface area contributed by atoms with Crippen LogP contribution in [0.2, 0.25) is 0 Å². The number of amides is 1. The first-order chi connectivity index (χ1) is 15.8. The molecule has 0 spiro atoms. The van der Waals surface area contributed by atoms with Crippen molar-refractivity contribution in [2.45, 2.75) is 44.6 Å². The van der Waals surface area contributed by atoms with E-state index < -0.39 is 24.7 Å². The SMILES string of the molecule is C[C@@H]1C[C@H](N)C[C@H](c2ccncc2NC(=O)c2ccc(F)c3cc(NCC(F)F)cnc23)C1. The van der Waals surface area contributed by atoms with Gasteiger partial charge in [-0.25, -0.2) is 13.2 Å². The second kappa shape index (κ2) is 9.74. The fraction of sp³-hybridized carbons (Fsp3) is 0.375. The van der Waals surface area contributed by atoms with Gasteiger partial charge in [-0.2, -0.15) is 0 Å². The summed E-state index contributed by atoms with van der Waals surface area (Å²) in [5, 5.41) is 5.48. The maximum Gasteiger partial charge on any atom is 0.257 e. The Morgan fingerprint density at radius 3 is 2.79 bits per heavy atom. The summed E-state index contributed by atoms with van der Waals surface area (Å²) in [7, 11) is 0. The number of benzene rings is 1. The first-order valence-corrected chi connectivity index (χ1v) is 10.9. The summed E-state index contributed by atoms with van der Waals surface area (Å²) in [6.07, 6.45) is 4.81. The van der Waals surface area contributed by atoms with Crippen molar-refractivity contribution in [3.8, 4) is 0 Å². The van der Waals surface area contributed by atoms with Crippen LogP contribution in [0.3, 0.4) is 0 Å². The average Bonchev–Trinajstić information content (AvgIpc) is 2.77. The van der Waals surface area contributed by atoms with Crippen LogP contribution in [0, 0.1) is 11.7 Å². The van der Waals surface area contributed by atoms with Crippen LogP contribution in [0.5, 0.6) is 0 Å². The minimum absolute atomic E-state index is 0.0698. The van der Waals surface area contributed by atoms with E-state index >= 15 is 0 Å². The normalized spacial score (nSPS) is 20.7. The molecule has 9 heteroatoms. The molecular formula is C24H26F3N5O. The Kier molecular flexibility index (Phi) is 6.78. The van der Waals surface area contributed by atoms with Crippen molar-refractivity contribution in [3.05, 3.63) is 59.8 Å². The second-order valence-electron chi connectivity index (χ2n) is 8.67. The number of anilines is 2. The molecule has 6 nitrogen and oxygen atoms in total. The fourth-order valence-corrected chi connectivity index (χ4v) is 4.63. The van der Waals surface area contributed by atoms with Gasteiger partial charge >= 0.3 is 0 Å². The molecule has 3 aromatic rings. The standard InChI is InChI=1S/C24H26F3N5O/c1-13-6-14(8-15(28)7-13)17-4-5-29-11-21(17)32-24(33)18-2-3-20(25)19-9-16(10-31-23(18)19)30-12-22(26)27/h2-5,9-11,13-15,22,30H,6-8,12,28H2,1H3,(H,32,33)/t13-,14+,15-/m0/s1. The van der Waals surface area contributed by atoms with Crippen LogP contribution in [-0.2, 0) is 0 Å². The van der Waals surface area contributed by atoms with Crippen molar-refractivity contribution in [1.29, 1.82) is 0 Å². The Balaban J connectivity index is 1.62. The molecule has 1 aliphatic rings. The van der Waals surface area contributed by atoms with E-state index in [1.54, 1.807) is 12.4 Å². The second-order valence-corrected chi connectivity index (χ2v) is 8.67. The maximum absolute atomic E-state index is 14.4. The lowest BCUT2D eigenvalue weighted by molar-refractivity contribution is 0.102. The van der Waals surface area contributed by atoms with E-state index in [-0.39, 0.29) is 34.1 Å². The van der Waals surface area contributed by atoms with Gasteiger partial charge < -0.3 is 16.4 Å². The minimum atomic E-state index is -2.56. The van der Waals surface area contributed by atoms with Crippen LogP contribution in [0.4, 0.5) is 24.5 Å². The molecule has 174 valence electrons. The van der Waals surface area contributed by atoms with Crippen LogP contribution < -0.4 is 16.4 Å². The van der Waals surface area contributed by atoms with Gasteiger partial charge in [0, 0.05) is 17.6 Å². The number of fused-ring (bicyclic) bond motifs is 1. The summed E-state index contributed by atoms with van der Waals surface area (Å²) < 4.78 is 39.4. The third-order valence-electron chi connectivity index (χ3n) is 6.02. The molecule has 2 aromatic heterocycles. The third kappa shape index (κ3) is 5.24. The molecule has 1 aliphatic carbocycles. The van der Waals surface area contributed by atoms with Crippen LogP contribution >= 0.6 is 0 Å². The Bertz CT molecular complexity index is 1150. The Morgan fingerprint density at radius 1 is 1.21 bits per heavy atom. The highest BCUT2D eigenvalue weighted by molar-refractivity contribution is 6.12. The number of rotatable bonds is 6. The van der Waals surface area contributed by atoms with E-state index in [1.165, 1.54) is 24.4 Å². The van der Waals surface area contributed by atoms with Gasteiger partial charge in [0.05, 0.1) is 41.4 Å². The lowest BCUT2D eigenvalue weighted by atomic mass is 9.76. The fourth-order valence-electron chi connectivity index (χ4n) is 4.63. The van der Waals surface area contributed by atoms with Crippen LogP contribution in [0.15, 0.2) is 42.9 Å². The first-order valence-electron chi connectivity index (χ1n) is 10.9. The van der Waals surface area contributed by atoms with E-state index in [9.17, 15) is 18.0 Å². The zero-order chi connectivity index (χ0) is 23.5. The molecule has 1 amide bonds. The highest BCUT2D eigenvalue weighted by Crippen LogP contribution is 2.38.